The number of nitrogens with one attached hydrogen (secondary N) is 1. The van der Waals surface area contributed by atoms with E-state index in [4.69, 9.17) is 0 Å². The molecule has 0 aliphatic carbocycles. The third kappa shape index (κ3) is 3.61. The van der Waals surface area contributed by atoms with Crippen molar-refractivity contribution in [1.29, 1.82) is 0 Å². The topological polar surface area (TPSA) is 76.9 Å². The first-order chi connectivity index (χ1) is 11.0. The molecule has 2 aromatic rings. The smallest absolute Gasteiger partial charge is 0.179 e. The molecule has 7 heteroatoms. The van der Waals surface area contributed by atoms with E-state index in [1.54, 1.807) is 12.4 Å². The van der Waals surface area contributed by atoms with Crippen LogP contribution in [0.5, 0.6) is 0 Å². The minimum Gasteiger partial charge on any atom is -0.311 e. The Labute approximate surface area is 136 Å². The maximum atomic E-state index is 12.5. The highest BCUT2D eigenvalue weighted by molar-refractivity contribution is 7.91. The molecular formula is C16H22N4O2S. The number of rotatable bonds is 5. The van der Waals surface area contributed by atoms with Crippen molar-refractivity contribution in [3.63, 3.8) is 0 Å². The lowest BCUT2D eigenvalue weighted by Gasteiger charge is -2.23. The second-order valence-corrected chi connectivity index (χ2v) is 8.21. The van der Waals surface area contributed by atoms with Crippen molar-refractivity contribution in [3.05, 3.63) is 41.5 Å². The van der Waals surface area contributed by atoms with E-state index in [0.717, 1.165) is 36.3 Å². The SMILES string of the molecule is Cc1ccc(C)c(S(=O)(=O)CCN[C@H]2CCc3ncnn3C2)c1. The van der Waals surface area contributed by atoms with Gasteiger partial charge in [0.2, 0.25) is 0 Å². The number of aryl methyl sites for hydroxylation is 3. The first kappa shape index (κ1) is 16.1. The van der Waals surface area contributed by atoms with E-state index in [1.165, 1.54) is 0 Å². The van der Waals surface area contributed by atoms with Crippen LogP contribution in [0, 0.1) is 13.8 Å². The van der Waals surface area contributed by atoms with Gasteiger partial charge in [0.15, 0.2) is 9.84 Å². The molecule has 1 N–H and O–H groups in total. The minimum absolute atomic E-state index is 0.109. The van der Waals surface area contributed by atoms with Crippen LogP contribution in [0.2, 0.25) is 0 Å². The standard InChI is InChI=1S/C16H22N4O2S/c1-12-3-4-13(2)15(9-12)23(21,22)8-7-17-14-5-6-16-18-11-19-20(16)10-14/h3-4,9,11,14,17H,5-8,10H2,1-2H3/t14-/m0/s1. The third-order valence-electron chi connectivity index (χ3n) is 4.29. The Bertz CT molecular complexity index is 798. The van der Waals surface area contributed by atoms with Crippen molar-refractivity contribution in [2.45, 2.75) is 44.2 Å². The molecular weight excluding hydrogens is 312 g/mol. The molecule has 0 unspecified atom stereocenters. The van der Waals surface area contributed by atoms with E-state index in [9.17, 15) is 8.42 Å². The molecule has 124 valence electrons. The number of fused-ring (bicyclic) bond motifs is 1. The van der Waals surface area contributed by atoms with Gasteiger partial charge in [-0.05, 0) is 37.5 Å². The predicted molar refractivity (Wildman–Crippen MR) is 88.1 cm³/mol. The van der Waals surface area contributed by atoms with Crippen molar-refractivity contribution < 1.29 is 8.42 Å². The van der Waals surface area contributed by atoms with Crippen LogP contribution in [-0.2, 0) is 22.8 Å². The quantitative estimate of drug-likeness (QED) is 0.891. The Hall–Kier alpha value is -1.73. The molecule has 0 radical (unpaired) electrons. The summed E-state index contributed by atoms with van der Waals surface area (Å²) in [5.41, 5.74) is 1.77. The summed E-state index contributed by atoms with van der Waals surface area (Å²) in [6, 6.07) is 5.80. The minimum atomic E-state index is -3.26. The van der Waals surface area contributed by atoms with Gasteiger partial charge in [-0.25, -0.2) is 18.1 Å². The van der Waals surface area contributed by atoms with E-state index in [1.807, 2.05) is 30.7 Å². The van der Waals surface area contributed by atoms with Gasteiger partial charge in [0.25, 0.3) is 0 Å². The summed E-state index contributed by atoms with van der Waals surface area (Å²) in [6.45, 7) is 4.95. The monoisotopic (exact) mass is 334 g/mol. The van der Waals surface area contributed by atoms with Crippen LogP contribution < -0.4 is 5.32 Å². The maximum absolute atomic E-state index is 12.5. The zero-order valence-electron chi connectivity index (χ0n) is 13.5. The van der Waals surface area contributed by atoms with Gasteiger partial charge >= 0.3 is 0 Å². The largest absolute Gasteiger partial charge is 0.311 e. The molecule has 1 atom stereocenters. The highest BCUT2D eigenvalue weighted by Crippen LogP contribution is 2.18. The second kappa shape index (κ2) is 6.41. The van der Waals surface area contributed by atoms with Crippen LogP contribution in [-0.4, -0.2) is 41.5 Å². The van der Waals surface area contributed by atoms with E-state index in [0.29, 0.717) is 11.4 Å². The summed E-state index contributed by atoms with van der Waals surface area (Å²) in [5.74, 6) is 1.11. The predicted octanol–water partition coefficient (Wildman–Crippen LogP) is 1.27. The Morgan fingerprint density at radius 3 is 3.00 bits per heavy atom. The van der Waals surface area contributed by atoms with Crippen LogP contribution in [0.4, 0.5) is 0 Å². The average Bonchev–Trinajstić information content (AvgIpc) is 2.97. The number of hydrogen-bond donors (Lipinski definition) is 1. The zero-order valence-corrected chi connectivity index (χ0v) is 14.3. The normalized spacial score (nSPS) is 17.9. The van der Waals surface area contributed by atoms with Gasteiger partial charge in [0.05, 0.1) is 17.2 Å². The molecule has 0 amide bonds. The molecule has 1 aliphatic heterocycles. The van der Waals surface area contributed by atoms with Crippen LogP contribution in [0.3, 0.4) is 0 Å². The number of sulfone groups is 1. The Kier molecular flexibility index (Phi) is 4.50. The molecule has 23 heavy (non-hydrogen) atoms. The van der Waals surface area contributed by atoms with Crippen LogP contribution in [0.15, 0.2) is 29.4 Å². The van der Waals surface area contributed by atoms with E-state index < -0.39 is 9.84 Å². The molecule has 6 nitrogen and oxygen atoms in total. The fourth-order valence-electron chi connectivity index (χ4n) is 2.95. The summed E-state index contributed by atoms with van der Waals surface area (Å²) < 4.78 is 27.0. The highest BCUT2D eigenvalue weighted by atomic mass is 32.2. The first-order valence-electron chi connectivity index (χ1n) is 7.86. The molecule has 0 fully saturated rings. The number of benzene rings is 1. The van der Waals surface area contributed by atoms with E-state index in [-0.39, 0.29) is 11.8 Å². The van der Waals surface area contributed by atoms with Gasteiger partial charge in [-0.15, -0.1) is 0 Å². The molecule has 1 aliphatic rings. The van der Waals surface area contributed by atoms with Crippen molar-refractivity contribution in [1.82, 2.24) is 20.1 Å². The number of nitrogens with zero attached hydrogens (tertiary/aromatic N) is 3. The molecule has 1 aromatic heterocycles. The molecule has 0 saturated carbocycles. The number of hydrogen-bond acceptors (Lipinski definition) is 5. The van der Waals surface area contributed by atoms with Gasteiger partial charge in [-0.1, -0.05) is 12.1 Å². The molecule has 2 heterocycles. The second-order valence-electron chi connectivity index (χ2n) is 6.14. The van der Waals surface area contributed by atoms with Crippen LogP contribution >= 0.6 is 0 Å². The summed E-state index contributed by atoms with van der Waals surface area (Å²) in [6.07, 6.45) is 3.41. The molecule has 0 spiro atoms. The molecule has 3 rings (SSSR count). The number of aromatic nitrogens is 3. The lowest BCUT2D eigenvalue weighted by Crippen LogP contribution is -2.40. The maximum Gasteiger partial charge on any atom is 0.179 e. The lowest BCUT2D eigenvalue weighted by atomic mass is 10.1. The lowest BCUT2D eigenvalue weighted by molar-refractivity contribution is 0.365. The van der Waals surface area contributed by atoms with Gasteiger partial charge in [0, 0.05) is 19.0 Å². The summed E-state index contributed by atoms with van der Waals surface area (Å²) in [5, 5.41) is 7.52. The fourth-order valence-corrected chi connectivity index (χ4v) is 4.48. The van der Waals surface area contributed by atoms with Crippen molar-refractivity contribution >= 4 is 9.84 Å². The van der Waals surface area contributed by atoms with Crippen molar-refractivity contribution in [2.75, 3.05) is 12.3 Å². The van der Waals surface area contributed by atoms with Crippen molar-refractivity contribution in [2.24, 2.45) is 0 Å². The molecule has 1 aromatic carbocycles. The third-order valence-corrected chi connectivity index (χ3v) is 6.14. The first-order valence-corrected chi connectivity index (χ1v) is 9.51. The summed E-state index contributed by atoms with van der Waals surface area (Å²) in [4.78, 5) is 4.64. The molecule has 0 saturated heterocycles. The van der Waals surface area contributed by atoms with Gasteiger partial charge in [-0.3, -0.25) is 0 Å². The van der Waals surface area contributed by atoms with Crippen LogP contribution in [0.25, 0.3) is 0 Å². The van der Waals surface area contributed by atoms with Gasteiger partial charge in [-0.2, -0.15) is 5.10 Å². The summed E-state index contributed by atoms with van der Waals surface area (Å²) >= 11 is 0. The highest BCUT2D eigenvalue weighted by Gasteiger charge is 2.21. The van der Waals surface area contributed by atoms with Gasteiger partial charge in [0.1, 0.15) is 12.2 Å². The fraction of sp³-hybridized carbons (Fsp3) is 0.500. The average molecular weight is 334 g/mol. The Morgan fingerprint density at radius 1 is 1.35 bits per heavy atom. The molecule has 0 bridgehead atoms. The van der Waals surface area contributed by atoms with E-state index >= 15 is 0 Å². The summed E-state index contributed by atoms with van der Waals surface area (Å²) in [7, 11) is -3.26. The zero-order chi connectivity index (χ0) is 16.4. The van der Waals surface area contributed by atoms with E-state index in [2.05, 4.69) is 15.4 Å². The van der Waals surface area contributed by atoms with Gasteiger partial charge < -0.3 is 5.32 Å². The van der Waals surface area contributed by atoms with Crippen molar-refractivity contribution in [3.8, 4) is 0 Å². The Balaban J connectivity index is 1.59. The Morgan fingerprint density at radius 2 is 2.17 bits per heavy atom. The van der Waals surface area contributed by atoms with Crippen LogP contribution in [0.1, 0.15) is 23.4 Å².